The Bertz CT molecular complexity index is 1310. The molecule has 0 bridgehead atoms. The summed E-state index contributed by atoms with van der Waals surface area (Å²) in [7, 11) is 0. The Labute approximate surface area is 217 Å². The molecule has 0 radical (unpaired) electrons. The van der Waals surface area contributed by atoms with Gasteiger partial charge in [-0.3, -0.25) is 9.59 Å². The third-order valence-electron chi connectivity index (χ3n) is 7.20. The van der Waals surface area contributed by atoms with Crippen LogP contribution in [-0.2, 0) is 17.8 Å². The number of carbonyl (C=O) groups excluding carboxylic acids is 2. The van der Waals surface area contributed by atoms with Gasteiger partial charge in [0, 0.05) is 5.56 Å². The lowest BCUT2D eigenvalue weighted by atomic mass is 9.70. The average molecular weight is 525 g/mol. The predicted octanol–water partition coefficient (Wildman–Crippen LogP) is 0.594. The van der Waals surface area contributed by atoms with E-state index in [-0.39, 0.29) is 29.2 Å². The standard InChI is InChI=1S/C28H28O10/c29-11-14-4-1-3-13(7-14)8-15-9-17-21(18(31)10-15)25(34)22-16(23(17)32)5-2-6-19(22)37-28-27(36)26(35)24(33)20(12-30)38-28/h1-7,9-10,17,20-21,24,26-31,33,35-36H,8,11-12H2/t17-,20+,21-,24+,26-,27+,28+/m0/s1. The third-order valence-corrected chi connectivity index (χ3v) is 7.20. The van der Waals surface area contributed by atoms with Crippen molar-refractivity contribution in [2.75, 3.05) is 6.61 Å². The summed E-state index contributed by atoms with van der Waals surface area (Å²) in [5.41, 5.74) is 2.23. The molecule has 2 aliphatic carbocycles. The molecule has 2 aromatic rings. The van der Waals surface area contributed by atoms with Gasteiger partial charge in [-0.1, -0.05) is 42.5 Å². The van der Waals surface area contributed by atoms with Gasteiger partial charge in [0.15, 0.2) is 11.6 Å². The minimum Gasteiger partial charge on any atom is -0.511 e. The molecule has 10 heteroatoms. The number of ether oxygens (including phenoxy) is 2. The second kappa shape index (κ2) is 10.4. The van der Waals surface area contributed by atoms with E-state index in [1.54, 1.807) is 18.2 Å². The van der Waals surface area contributed by atoms with Gasteiger partial charge >= 0.3 is 0 Å². The zero-order valence-electron chi connectivity index (χ0n) is 20.2. The maximum absolute atomic E-state index is 13.6. The second-order valence-corrected chi connectivity index (χ2v) is 9.69. The van der Waals surface area contributed by atoms with Crippen LogP contribution in [0.4, 0.5) is 0 Å². The first-order valence-electron chi connectivity index (χ1n) is 12.2. The second-order valence-electron chi connectivity index (χ2n) is 9.69. The van der Waals surface area contributed by atoms with Crippen molar-refractivity contribution in [3.63, 3.8) is 0 Å². The van der Waals surface area contributed by atoms with Gasteiger partial charge in [0.2, 0.25) is 6.29 Å². The normalized spacial score (nSPS) is 30.7. The maximum atomic E-state index is 13.6. The number of aliphatic hydroxyl groups excluding tert-OH is 6. The molecule has 200 valence electrons. The number of benzene rings is 2. The molecule has 0 amide bonds. The summed E-state index contributed by atoms with van der Waals surface area (Å²) in [6, 6.07) is 11.6. The predicted molar refractivity (Wildman–Crippen MR) is 131 cm³/mol. The molecule has 0 aromatic heterocycles. The summed E-state index contributed by atoms with van der Waals surface area (Å²) >= 11 is 0. The van der Waals surface area contributed by atoms with Crippen LogP contribution in [0.5, 0.6) is 5.75 Å². The fraction of sp³-hybridized carbons (Fsp3) is 0.357. The summed E-state index contributed by atoms with van der Waals surface area (Å²) in [6.07, 6.45) is -4.21. The van der Waals surface area contributed by atoms with Crippen molar-refractivity contribution in [3.05, 3.63) is 88.2 Å². The van der Waals surface area contributed by atoms with Crippen LogP contribution >= 0.6 is 0 Å². The lowest BCUT2D eigenvalue weighted by Gasteiger charge is -2.40. The van der Waals surface area contributed by atoms with Crippen LogP contribution in [0.1, 0.15) is 31.8 Å². The molecule has 1 fully saturated rings. The summed E-state index contributed by atoms with van der Waals surface area (Å²) in [5, 5.41) is 60.1. The molecule has 0 saturated carbocycles. The Balaban J connectivity index is 1.45. The van der Waals surface area contributed by atoms with E-state index in [9.17, 15) is 40.2 Å². The van der Waals surface area contributed by atoms with Gasteiger partial charge in [-0.15, -0.1) is 0 Å². The van der Waals surface area contributed by atoms with Crippen LogP contribution in [0.2, 0.25) is 0 Å². The van der Waals surface area contributed by atoms with Crippen LogP contribution in [0.3, 0.4) is 0 Å². The Morgan fingerprint density at radius 1 is 0.895 bits per heavy atom. The SMILES string of the molecule is O=C1c2c(O[C@@H]3O[C@H](CO)[C@@H](O)[C@H](O)[C@H]3O)cccc2C(=O)[C@H]2C=C(Cc3cccc(CO)c3)C=C(O)[C@@H]12. The Morgan fingerprint density at radius 3 is 2.37 bits per heavy atom. The topological polar surface area (TPSA) is 174 Å². The molecule has 5 rings (SSSR count). The van der Waals surface area contributed by atoms with Gasteiger partial charge in [0.05, 0.1) is 30.6 Å². The minimum absolute atomic E-state index is 0.0749. The number of ketones is 2. The molecule has 6 N–H and O–H groups in total. The Morgan fingerprint density at radius 2 is 1.63 bits per heavy atom. The quantitative estimate of drug-likeness (QED) is 0.314. The van der Waals surface area contributed by atoms with Crippen molar-refractivity contribution in [3.8, 4) is 5.75 Å². The Hall–Kier alpha value is -3.38. The molecule has 1 saturated heterocycles. The number of fused-ring (bicyclic) bond motifs is 2. The zero-order valence-corrected chi connectivity index (χ0v) is 20.2. The van der Waals surface area contributed by atoms with Crippen molar-refractivity contribution in [1.82, 2.24) is 0 Å². The number of carbonyl (C=O) groups is 2. The summed E-state index contributed by atoms with van der Waals surface area (Å²) in [6.45, 7) is -0.771. The lowest BCUT2D eigenvalue weighted by molar-refractivity contribution is -0.277. The first kappa shape index (κ1) is 26.2. The largest absolute Gasteiger partial charge is 0.511 e. The highest BCUT2D eigenvalue weighted by molar-refractivity contribution is 6.19. The summed E-state index contributed by atoms with van der Waals surface area (Å²) < 4.78 is 11.1. The molecular formula is C28H28O10. The number of rotatable bonds is 6. The van der Waals surface area contributed by atoms with Crippen LogP contribution < -0.4 is 4.74 Å². The van der Waals surface area contributed by atoms with Gasteiger partial charge in [-0.25, -0.2) is 0 Å². The first-order chi connectivity index (χ1) is 18.2. The van der Waals surface area contributed by atoms with Crippen molar-refractivity contribution in [2.24, 2.45) is 11.8 Å². The molecule has 1 heterocycles. The van der Waals surface area contributed by atoms with Crippen molar-refractivity contribution in [2.45, 2.75) is 43.7 Å². The minimum atomic E-state index is -1.70. The third kappa shape index (κ3) is 4.55. The van der Waals surface area contributed by atoms with E-state index in [2.05, 4.69) is 0 Å². The van der Waals surface area contributed by atoms with Gasteiger partial charge in [0.1, 0.15) is 35.9 Å². The highest BCUT2D eigenvalue weighted by Gasteiger charge is 2.48. The van der Waals surface area contributed by atoms with E-state index in [4.69, 9.17) is 9.47 Å². The van der Waals surface area contributed by atoms with Crippen LogP contribution in [0.25, 0.3) is 0 Å². The van der Waals surface area contributed by atoms with Gasteiger partial charge in [-0.05, 0) is 35.3 Å². The van der Waals surface area contributed by atoms with Gasteiger partial charge in [-0.2, -0.15) is 0 Å². The highest BCUT2D eigenvalue weighted by atomic mass is 16.7. The fourth-order valence-corrected chi connectivity index (χ4v) is 5.26. The van der Waals surface area contributed by atoms with E-state index in [1.165, 1.54) is 24.3 Å². The van der Waals surface area contributed by atoms with Crippen molar-refractivity contribution in [1.29, 1.82) is 0 Å². The Kier molecular flexibility index (Phi) is 7.19. The van der Waals surface area contributed by atoms with E-state index >= 15 is 0 Å². The van der Waals surface area contributed by atoms with Gasteiger partial charge < -0.3 is 40.1 Å². The van der Waals surface area contributed by atoms with Crippen LogP contribution in [-0.4, -0.2) is 79.5 Å². The molecule has 38 heavy (non-hydrogen) atoms. The molecular weight excluding hydrogens is 496 g/mol. The van der Waals surface area contributed by atoms with Crippen molar-refractivity contribution >= 4 is 11.6 Å². The molecule has 0 unspecified atom stereocenters. The van der Waals surface area contributed by atoms with Crippen molar-refractivity contribution < 1.29 is 49.7 Å². The number of Topliss-reactive ketones (excluding diaryl/α,β-unsaturated/α-hetero) is 2. The number of aliphatic hydroxyl groups is 6. The van der Waals surface area contributed by atoms with Crippen LogP contribution in [0.15, 0.2) is 65.9 Å². The lowest BCUT2D eigenvalue weighted by Crippen LogP contribution is -2.60. The molecule has 7 atom stereocenters. The fourth-order valence-electron chi connectivity index (χ4n) is 5.26. The molecule has 2 aromatic carbocycles. The maximum Gasteiger partial charge on any atom is 0.229 e. The monoisotopic (exact) mass is 524 g/mol. The molecule has 1 aliphatic heterocycles. The number of hydrogen-bond donors (Lipinski definition) is 6. The number of allylic oxidation sites excluding steroid dienone is 4. The highest BCUT2D eigenvalue weighted by Crippen LogP contribution is 2.42. The van der Waals surface area contributed by atoms with Crippen LogP contribution in [0, 0.1) is 11.8 Å². The average Bonchev–Trinajstić information content (AvgIpc) is 2.91. The molecule has 10 nitrogen and oxygen atoms in total. The number of hydrogen-bond acceptors (Lipinski definition) is 10. The summed E-state index contributed by atoms with van der Waals surface area (Å²) in [4.78, 5) is 27.1. The zero-order chi connectivity index (χ0) is 27.1. The van der Waals surface area contributed by atoms with E-state index in [0.717, 1.165) is 11.1 Å². The first-order valence-corrected chi connectivity index (χ1v) is 12.2. The van der Waals surface area contributed by atoms with E-state index in [1.807, 2.05) is 12.1 Å². The van der Waals surface area contributed by atoms with E-state index in [0.29, 0.717) is 12.0 Å². The smallest absolute Gasteiger partial charge is 0.229 e. The van der Waals surface area contributed by atoms with Gasteiger partial charge in [0.25, 0.3) is 0 Å². The van der Waals surface area contributed by atoms with E-state index < -0.39 is 60.7 Å². The molecule has 3 aliphatic rings. The summed E-state index contributed by atoms with van der Waals surface area (Å²) in [5.74, 6) is -3.42. The molecule has 0 spiro atoms.